The fraction of sp³-hybridized carbons (Fsp3) is 0.467. The molecule has 2 nitrogen and oxygen atoms in total. The second kappa shape index (κ2) is 9.06. The average Bonchev–Trinajstić information content (AvgIpc) is 2.42. The lowest BCUT2D eigenvalue weighted by atomic mass is 10.2. The number of hydrogen-bond donors (Lipinski definition) is 1. The van der Waals surface area contributed by atoms with E-state index in [0.29, 0.717) is 12.6 Å². The summed E-state index contributed by atoms with van der Waals surface area (Å²) in [6.07, 6.45) is 5.06. The van der Waals surface area contributed by atoms with Crippen LogP contribution in [0.1, 0.15) is 18.9 Å². The largest absolute Gasteiger partial charge is 0.489 e. The first-order valence-corrected chi connectivity index (χ1v) is 7.75. The third-order valence-electron chi connectivity index (χ3n) is 2.77. The van der Waals surface area contributed by atoms with Crippen molar-refractivity contribution in [1.29, 1.82) is 0 Å². The number of nitrogens with one attached hydrogen (secondary N) is 1. The van der Waals surface area contributed by atoms with Crippen LogP contribution in [0, 0.1) is 0 Å². The molecular weight excluding hydrogens is 242 g/mol. The minimum atomic E-state index is 0.555. The molecule has 0 fully saturated rings. The van der Waals surface area contributed by atoms with Gasteiger partial charge < -0.3 is 10.1 Å². The number of para-hydroxylation sites is 1. The first-order valence-electron chi connectivity index (χ1n) is 6.35. The fourth-order valence-corrected chi connectivity index (χ4v) is 2.47. The third kappa shape index (κ3) is 5.15. The summed E-state index contributed by atoms with van der Waals surface area (Å²) in [4.78, 5) is 0. The van der Waals surface area contributed by atoms with Crippen LogP contribution < -0.4 is 10.1 Å². The molecular formula is C15H23NOS. The van der Waals surface area contributed by atoms with Crippen LogP contribution in [0.5, 0.6) is 5.75 Å². The van der Waals surface area contributed by atoms with E-state index in [-0.39, 0.29) is 0 Å². The van der Waals surface area contributed by atoms with Crippen molar-refractivity contribution in [2.24, 2.45) is 0 Å². The van der Waals surface area contributed by atoms with Crippen LogP contribution in [0.25, 0.3) is 0 Å². The monoisotopic (exact) mass is 265 g/mol. The maximum absolute atomic E-state index is 5.65. The van der Waals surface area contributed by atoms with Crippen LogP contribution in [-0.4, -0.2) is 24.7 Å². The van der Waals surface area contributed by atoms with Crippen LogP contribution in [0.3, 0.4) is 0 Å². The second-order valence-electron chi connectivity index (χ2n) is 4.15. The van der Waals surface area contributed by atoms with Gasteiger partial charge in [0, 0.05) is 23.9 Å². The fourth-order valence-electron chi connectivity index (χ4n) is 1.72. The highest BCUT2D eigenvalue weighted by Gasteiger charge is 2.07. The van der Waals surface area contributed by atoms with Crippen LogP contribution in [0.4, 0.5) is 0 Å². The van der Waals surface area contributed by atoms with E-state index in [4.69, 9.17) is 4.74 Å². The van der Waals surface area contributed by atoms with Crippen molar-refractivity contribution in [2.75, 3.05) is 18.6 Å². The molecule has 1 atom stereocenters. The molecule has 1 unspecified atom stereocenters. The third-order valence-corrected chi connectivity index (χ3v) is 3.51. The molecule has 18 heavy (non-hydrogen) atoms. The van der Waals surface area contributed by atoms with Gasteiger partial charge in [-0.05, 0) is 18.7 Å². The Kier molecular flexibility index (Phi) is 7.62. The van der Waals surface area contributed by atoms with E-state index < -0.39 is 0 Å². The summed E-state index contributed by atoms with van der Waals surface area (Å²) in [6, 6.07) is 8.73. The van der Waals surface area contributed by atoms with Crippen LogP contribution >= 0.6 is 11.8 Å². The molecule has 0 saturated heterocycles. The Hall–Kier alpha value is -0.930. The maximum Gasteiger partial charge on any atom is 0.124 e. The van der Waals surface area contributed by atoms with Gasteiger partial charge in [0.05, 0.1) is 0 Å². The van der Waals surface area contributed by atoms with Crippen molar-refractivity contribution >= 4 is 11.8 Å². The van der Waals surface area contributed by atoms with Gasteiger partial charge in [-0.25, -0.2) is 0 Å². The molecule has 0 aromatic heterocycles. The summed E-state index contributed by atoms with van der Waals surface area (Å²) in [5.41, 5.74) is 1.21. The highest BCUT2D eigenvalue weighted by Crippen LogP contribution is 2.18. The van der Waals surface area contributed by atoms with E-state index in [0.717, 1.165) is 24.5 Å². The molecule has 1 N–H and O–H groups in total. The summed E-state index contributed by atoms with van der Waals surface area (Å²) in [5, 5.41) is 3.58. The van der Waals surface area contributed by atoms with Gasteiger partial charge in [-0.15, -0.1) is 0 Å². The number of benzene rings is 1. The van der Waals surface area contributed by atoms with E-state index in [2.05, 4.69) is 31.1 Å². The summed E-state index contributed by atoms with van der Waals surface area (Å²) in [5.74, 6) is 2.09. The van der Waals surface area contributed by atoms with Gasteiger partial charge in [-0.3, -0.25) is 0 Å². The molecule has 0 aliphatic carbocycles. The Morgan fingerprint density at radius 1 is 1.44 bits per heavy atom. The SMILES string of the molecule is C=CCOc1ccccc1CNC(CC)CSC. The van der Waals surface area contributed by atoms with Gasteiger partial charge in [-0.2, -0.15) is 11.8 Å². The number of thioether (sulfide) groups is 1. The molecule has 1 aromatic carbocycles. The van der Waals surface area contributed by atoms with Crippen LogP contribution in [0.2, 0.25) is 0 Å². The Morgan fingerprint density at radius 2 is 2.22 bits per heavy atom. The van der Waals surface area contributed by atoms with Crippen LogP contribution in [0.15, 0.2) is 36.9 Å². The molecule has 0 spiro atoms. The highest BCUT2D eigenvalue weighted by atomic mass is 32.2. The molecule has 0 amide bonds. The number of rotatable bonds is 9. The van der Waals surface area contributed by atoms with E-state index in [1.807, 2.05) is 30.0 Å². The van der Waals surface area contributed by atoms with E-state index in [1.54, 1.807) is 6.08 Å². The lowest BCUT2D eigenvalue weighted by Gasteiger charge is -2.17. The van der Waals surface area contributed by atoms with Gasteiger partial charge in [0.2, 0.25) is 0 Å². The zero-order valence-corrected chi connectivity index (χ0v) is 12.1. The Morgan fingerprint density at radius 3 is 2.89 bits per heavy atom. The summed E-state index contributed by atoms with van der Waals surface area (Å²) in [6.45, 7) is 7.30. The lowest BCUT2D eigenvalue weighted by molar-refractivity contribution is 0.357. The summed E-state index contributed by atoms with van der Waals surface area (Å²) in [7, 11) is 0. The Bertz CT molecular complexity index is 354. The van der Waals surface area contributed by atoms with Crippen molar-refractivity contribution in [3.63, 3.8) is 0 Å². The molecule has 0 bridgehead atoms. The summed E-state index contributed by atoms with van der Waals surface area (Å²) < 4.78 is 5.65. The van der Waals surface area contributed by atoms with E-state index in [9.17, 15) is 0 Å². The lowest BCUT2D eigenvalue weighted by Crippen LogP contribution is -2.30. The molecule has 0 saturated carbocycles. The van der Waals surface area contributed by atoms with Gasteiger partial charge in [0.1, 0.15) is 12.4 Å². The van der Waals surface area contributed by atoms with Crippen molar-refractivity contribution in [3.8, 4) is 5.75 Å². The van der Waals surface area contributed by atoms with E-state index in [1.165, 1.54) is 5.56 Å². The molecule has 0 heterocycles. The summed E-state index contributed by atoms with van der Waals surface area (Å²) >= 11 is 1.88. The Labute approximate surface area is 115 Å². The van der Waals surface area contributed by atoms with Gasteiger partial charge in [0.25, 0.3) is 0 Å². The zero-order chi connectivity index (χ0) is 13.2. The molecule has 0 radical (unpaired) electrons. The van der Waals surface area contributed by atoms with Gasteiger partial charge >= 0.3 is 0 Å². The predicted molar refractivity (Wildman–Crippen MR) is 81.4 cm³/mol. The smallest absolute Gasteiger partial charge is 0.124 e. The quantitative estimate of drug-likeness (QED) is 0.691. The molecule has 1 rings (SSSR count). The topological polar surface area (TPSA) is 21.3 Å². The molecule has 3 heteroatoms. The Balaban J connectivity index is 2.56. The maximum atomic E-state index is 5.65. The minimum absolute atomic E-state index is 0.555. The van der Waals surface area contributed by atoms with Crippen molar-refractivity contribution in [2.45, 2.75) is 25.9 Å². The second-order valence-corrected chi connectivity index (χ2v) is 5.06. The van der Waals surface area contributed by atoms with Gasteiger partial charge in [0.15, 0.2) is 0 Å². The standard InChI is InChI=1S/C15H23NOS/c1-4-10-17-15-9-7-6-8-13(15)11-16-14(5-2)12-18-3/h4,6-9,14,16H,1,5,10-12H2,2-3H3. The van der Waals surface area contributed by atoms with Gasteiger partial charge in [-0.1, -0.05) is 37.8 Å². The molecule has 0 aliphatic rings. The van der Waals surface area contributed by atoms with E-state index >= 15 is 0 Å². The first kappa shape index (κ1) is 15.1. The molecule has 100 valence electrons. The normalized spacial score (nSPS) is 12.1. The van der Waals surface area contributed by atoms with Crippen molar-refractivity contribution < 1.29 is 4.74 Å². The van der Waals surface area contributed by atoms with Crippen molar-refractivity contribution in [1.82, 2.24) is 5.32 Å². The molecule has 0 aliphatic heterocycles. The first-order chi connectivity index (χ1) is 8.81. The van der Waals surface area contributed by atoms with Crippen molar-refractivity contribution in [3.05, 3.63) is 42.5 Å². The minimum Gasteiger partial charge on any atom is -0.489 e. The highest BCUT2D eigenvalue weighted by molar-refractivity contribution is 7.98. The van der Waals surface area contributed by atoms with Crippen LogP contribution in [-0.2, 0) is 6.54 Å². The number of ether oxygens (including phenoxy) is 1. The predicted octanol–water partition coefficient (Wildman–Crippen LogP) is 3.48. The molecule has 1 aromatic rings. The number of hydrogen-bond acceptors (Lipinski definition) is 3. The zero-order valence-electron chi connectivity index (χ0n) is 11.3. The average molecular weight is 265 g/mol.